The van der Waals surface area contributed by atoms with Crippen LogP contribution in [-0.4, -0.2) is 33.3 Å². The molecule has 21 heavy (non-hydrogen) atoms. The molecular weight excluding hydrogens is 270 g/mol. The molecule has 1 unspecified atom stereocenters. The van der Waals surface area contributed by atoms with Crippen LogP contribution < -0.4 is 0 Å². The van der Waals surface area contributed by atoms with Gasteiger partial charge in [-0.3, -0.25) is 9.59 Å². The zero-order chi connectivity index (χ0) is 15.6. The van der Waals surface area contributed by atoms with E-state index >= 15 is 0 Å². The predicted octanol–water partition coefficient (Wildman–Crippen LogP) is 2.30. The molecule has 1 aromatic rings. The van der Waals surface area contributed by atoms with Crippen LogP contribution in [0.5, 0.6) is 0 Å². The first kappa shape index (κ1) is 15.7. The fourth-order valence-corrected chi connectivity index (χ4v) is 2.41. The summed E-state index contributed by atoms with van der Waals surface area (Å²) in [5.41, 5.74) is -0.629. The summed E-state index contributed by atoms with van der Waals surface area (Å²) in [5, 5.41) is 3.95. The molecule has 0 aliphatic carbocycles. The van der Waals surface area contributed by atoms with E-state index < -0.39 is 11.3 Å². The van der Waals surface area contributed by atoms with Crippen molar-refractivity contribution in [3.8, 4) is 0 Å². The maximum absolute atomic E-state index is 12.5. The van der Waals surface area contributed by atoms with E-state index in [1.165, 1.54) is 0 Å². The van der Waals surface area contributed by atoms with E-state index in [0.29, 0.717) is 31.1 Å². The van der Waals surface area contributed by atoms with Gasteiger partial charge in [-0.05, 0) is 19.3 Å². The largest absolute Gasteiger partial charge is 0.339 e. The Balaban J connectivity index is 2.18. The van der Waals surface area contributed by atoms with Gasteiger partial charge in [-0.25, -0.2) is 0 Å². The molecule has 0 radical (unpaired) electrons. The van der Waals surface area contributed by atoms with E-state index in [4.69, 9.17) is 4.52 Å². The summed E-state index contributed by atoms with van der Waals surface area (Å²) in [5.74, 6) is 0.313. The SMILES string of the molecule is CCc1nc(C2CCCN2C(=O)C(=O)C(C)(C)CC)no1. The molecule has 0 aromatic carbocycles. The van der Waals surface area contributed by atoms with Gasteiger partial charge in [-0.15, -0.1) is 0 Å². The summed E-state index contributed by atoms with van der Waals surface area (Å²) in [6.45, 7) is 8.04. The molecule has 1 fully saturated rings. The monoisotopic (exact) mass is 293 g/mol. The maximum atomic E-state index is 12.5. The van der Waals surface area contributed by atoms with Crippen LogP contribution in [0.2, 0.25) is 0 Å². The maximum Gasteiger partial charge on any atom is 0.291 e. The van der Waals surface area contributed by atoms with E-state index in [1.54, 1.807) is 4.90 Å². The van der Waals surface area contributed by atoms with Crippen LogP contribution in [0.15, 0.2) is 4.52 Å². The highest BCUT2D eigenvalue weighted by Gasteiger charge is 2.40. The lowest BCUT2D eigenvalue weighted by Gasteiger charge is -2.26. The van der Waals surface area contributed by atoms with Gasteiger partial charge >= 0.3 is 0 Å². The summed E-state index contributed by atoms with van der Waals surface area (Å²) in [6.07, 6.45) is 2.92. The number of Topliss-reactive ketones (excluding diaryl/α,β-unsaturated/α-hetero) is 1. The Hall–Kier alpha value is -1.72. The van der Waals surface area contributed by atoms with Crippen LogP contribution in [0.1, 0.15) is 64.7 Å². The lowest BCUT2D eigenvalue weighted by Crippen LogP contribution is -2.42. The molecule has 1 aromatic heterocycles. The average molecular weight is 293 g/mol. The van der Waals surface area contributed by atoms with Gasteiger partial charge in [0.25, 0.3) is 5.91 Å². The minimum absolute atomic E-state index is 0.238. The summed E-state index contributed by atoms with van der Waals surface area (Å²) in [4.78, 5) is 30.8. The normalized spacial score (nSPS) is 19.0. The predicted molar refractivity (Wildman–Crippen MR) is 76.4 cm³/mol. The minimum Gasteiger partial charge on any atom is -0.339 e. The van der Waals surface area contributed by atoms with Gasteiger partial charge in [0.05, 0.1) is 6.04 Å². The van der Waals surface area contributed by atoms with E-state index in [-0.39, 0.29) is 11.8 Å². The van der Waals surface area contributed by atoms with Crippen molar-refractivity contribution in [2.75, 3.05) is 6.54 Å². The summed E-state index contributed by atoms with van der Waals surface area (Å²) in [7, 11) is 0. The highest BCUT2D eigenvalue weighted by atomic mass is 16.5. The molecule has 1 saturated heterocycles. The third-order valence-electron chi connectivity index (χ3n) is 4.29. The molecule has 1 aliphatic rings. The number of ketones is 1. The second-order valence-electron chi connectivity index (χ2n) is 6.12. The van der Waals surface area contributed by atoms with Crippen molar-refractivity contribution in [3.05, 3.63) is 11.7 Å². The standard InChI is InChI=1S/C15H23N3O3/c1-5-11-16-13(17-21-11)10-8-7-9-18(10)14(20)12(19)15(3,4)6-2/h10H,5-9H2,1-4H3. The Morgan fingerprint density at radius 1 is 1.38 bits per heavy atom. The van der Waals surface area contributed by atoms with E-state index in [2.05, 4.69) is 10.1 Å². The van der Waals surface area contributed by atoms with Gasteiger partial charge < -0.3 is 9.42 Å². The minimum atomic E-state index is -0.629. The number of rotatable bonds is 5. The Morgan fingerprint density at radius 3 is 2.67 bits per heavy atom. The van der Waals surface area contributed by atoms with Crippen LogP contribution in [0.25, 0.3) is 0 Å². The Kier molecular flexibility index (Phi) is 4.44. The smallest absolute Gasteiger partial charge is 0.291 e. The number of likely N-dealkylation sites (tertiary alicyclic amines) is 1. The molecule has 0 spiro atoms. The van der Waals surface area contributed by atoms with E-state index in [0.717, 1.165) is 12.8 Å². The molecule has 2 heterocycles. The number of hydrogen-bond donors (Lipinski definition) is 0. The van der Waals surface area contributed by atoms with Crippen molar-refractivity contribution in [3.63, 3.8) is 0 Å². The average Bonchev–Trinajstić information content (AvgIpc) is 3.13. The Labute approximate surface area is 124 Å². The van der Waals surface area contributed by atoms with Gasteiger partial charge in [0.2, 0.25) is 11.7 Å². The highest BCUT2D eigenvalue weighted by Crippen LogP contribution is 2.32. The van der Waals surface area contributed by atoms with Gasteiger partial charge in [0, 0.05) is 18.4 Å². The first-order valence-corrected chi connectivity index (χ1v) is 7.58. The summed E-state index contributed by atoms with van der Waals surface area (Å²) in [6, 6.07) is -0.238. The highest BCUT2D eigenvalue weighted by molar-refractivity contribution is 6.38. The lowest BCUT2D eigenvalue weighted by atomic mass is 9.84. The van der Waals surface area contributed by atoms with Gasteiger partial charge in [-0.2, -0.15) is 4.98 Å². The third-order valence-corrected chi connectivity index (χ3v) is 4.29. The van der Waals surface area contributed by atoms with Gasteiger partial charge in [-0.1, -0.05) is 32.9 Å². The molecule has 116 valence electrons. The first-order valence-electron chi connectivity index (χ1n) is 7.58. The van der Waals surface area contributed by atoms with Crippen molar-refractivity contribution in [1.29, 1.82) is 0 Å². The van der Waals surface area contributed by atoms with Crippen LogP contribution in [-0.2, 0) is 16.0 Å². The topological polar surface area (TPSA) is 76.3 Å². The molecule has 6 heteroatoms. The quantitative estimate of drug-likeness (QED) is 0.779. The molecule has 0 bridgehead atoms. The zero-order valence-corrected chi connectivity index (χ0v) is 13.2. The Morgan fingerprint density at radius 2 is 2.10 bits per heavy atom. The fraction of sp³-hybridized carbons (Fsp3) is 0.733. The fourth-order valence-electron chi connectivity index (χ4n) is 2.41. The van der Waals surface area contributed by atoms with Crippen molar-refractivity contribution in [2.24, 2.45) is 5.41 Å². The number of amides is 1. The summed E-state index contributed by atoms with van der Waals surface area (Å²) >= 11 is 0. The molecule has 6 nitrogen and oxygen atoms in total. The van der Waals surface area contributed by atoms with Crippen LogP contribution in [0.4, 0.5) is 0 Å². The number of hydrogen-bond acceptors (Lipinski definition) is 5. The summed E-state index contributed by atoms with van der Waals surface area (Å²) < 4.78 is 5.12. The number of carbonyl (C=O) groups is 2. The zero-order valence-electron chi connectivity index (χ0n) is 13.2. The molecule has 0 N–H and O–H groups in total. The van der Waals surface area contributed by atoms with Crippen LogP contribution in [0.3, 0.4) is 0 Å². The van der Waals surface area contributed by atoms with Crippen LogP contribution >= 0.6 is 0 Å². The molecule has 2 rings (SSSR count). The first-order chi connectivity index (χ1) is 9.90. The van der Waals surface area contributed by atoms with Crippen molar-refractivity contribution >= 4 is 11.7 Å². The molecular formula is C15H23N3O3. The number of nitrogens with zero attached hydrogens (tertiary/aromatic N) is 3. The number of aromatic nitrogens is 2. The molecule has 1 aliphatic heterocycles. The number of carbonyl (C=O) groups excluding carboxylic acids is 2. The van der Waals surface area contributed by atoms with E-state index in [9.17, 15) is 9.59 Å². The van der Waals surface area contributed by atoms with E-state index in [1.807, 2.05) is 27.7 Å². The number of aryl methyl sites for hydroxylation is 1. The molecule has 0 saturated carbocycles. The molecule has 1 amide bonds. The second-order valence-corrected chi connectivity index (χ2v) is 6.12. The third kappa shape index (κ3) is 2.99. The lowest BCUT2D eigenvalue weighted by molar-refractivity contribution is -0.150. The van der Waals surface area contributed by atoms with Crippen molar-refractivity contribution in [1.82, 2.24) is 15.0 Å². The van der Waals surface area contributed by atoms with Crippen molar-refractivity contribution < 1.29 is 14.1 Å². The van der Waals surface area contributed by atoms with Crippen molar-refractivity contribution in [2.45, 2.75) is 59.4 Å². The molecule has 1 atom stereocenters. The van der Waals surface area contributed by atoms with Gasteiger partial charge in [0.15, 0.2) is 5.82 Å². The second kappa shape index (κ2) is 5.95. The van der Waals surface area contributed by atoms with Crippen LogP contribution in [0, 0.1) is 5.41 Å². The Bertz CT molecular complexity index is 536. The van der Waals surface area contributed by atoms with Gasteiger partial charge in [0.1, 0.15) is 0 Å².